The van der Waals surface area contributed by atoms with E-state index in [0.29, 0.717) is 5.56 Å². The van der Waals surface area contributed by atoms with Crippen molar-refractivity contribution in [3.63, 3.8) is 0 Å². The van der Waals surface area contributed by atoms with E-state index >= 15 is 0 Å². The largest absolute Gasteiger partial charge is 0.479 e. The summed E-state index contributed by atoms with van der Waals surface area (Å²) in [6.07, 6.45) is -0.774. The van der Waals surface area contributed by atoms with Crippen LogP contribution in [-0.4, -0.2) is 17.2 Å². The van der Waals surface area contributed by atoms with Crippen LogP contribution in [0.5, 0.6) is 0 Å². The van der Waals surface area contributed by atoms with Crippen molar-refractivity contribution in [2.24, 2.45) is 0 Å². The molecule has 0 aromatic heterocycles. The average molecular weight is 335 g/mol. The fourth-order valence-electron chi connectivity index (χ4n) is 2.66. The number of carboxylic acids is 1. The Bertz CT molecular complexity index is 887. The molecule has 0 bridgehead atoms. The van der Waals surface area contributed by atoms with Gasteiger partial charge >= 0.3 is 12.1 Å². The van der Waals surface area contributed by atoms with Crippen molar-refractivity contribution in [1.29, 1.82) is 0 Å². The first-order valence-electron chi connectivity index (χ1n) is 7.83. The zero-order chi connectivity index (χ0) is 17.6. The molecule has 25 heavy (non-hydrogen) atoms. The molecule has 5 heteroatoms. The number of carboxylic acid groups (broad SMARTS) is 1. The van der Waals surface area contributed by atoms with Crippen LogP contribution in [0.4, 0.5) is 4.79 Å². The van der Waals surface area contributed by atoms with E-state index in [0.717, 1.165) is 16.3 Å². The molecule has 3 rings (SSSR count). The lowest BCUT2D eigenvalue weighted by Crippen LogP contribution is -2.34. The van der Waals surface area contributed by atoms with Gasteiger partial charge in [-0.1, -0.05) is 72.8 Å². The molecule has 0 saturated heterocycles. The van der Waals surface area contributed by atoms with E-state index in [1.54, 1.807) is 12.1 Å². The van der Waals surface area contributed by atoms with Crippen molar-refractivity contribution in [3.05, 3.63) is 83.9 Å². The van der Waals surface area contributed by atoms with Crippen LogP contribution < -0.4 is 5.32 Å². The van der Waals surface area contributed by atoms with Crippen LogP contribution in [0.2, 0.25) is 0 Å². The number of carbonyl (C=O) groups is 2. The molecule has 3 aromatic rings. The lowest BCUT2D eigenvalue weighted by molar-refractivity contribution is -0.139. The van der Waals surface area contributed by atoms with Crippen LogP contribution in [0.1, 0.15) is 17.2 Å². The van der Waals surface area contributed by atoms with Gasteiger partial charge in [0.2, 0.25) is 0 Å². The van der Waals surface area contributed by atoms with Crippen LogP contribution in [0.15, 0.2) is 72.8 Å². The highest BCUT2D eigenvalue weighted by atomic mass is 16.5. The topological polar surface area (TPSA) is 75.6 Å². The molecule has 1 atom stereocenters. The summed E-state index contributed by atoms with van der Waals surface area (Å²) in [5.41, 5.74) is 1.34. The first kappa shape index (κ1) is 16.5. The fourth-order valence-corrected chi connectivity index (χ4v) is 2.66. The lowest BCUT2D eigenvalue weighted by Gasteiger charge is -2.17. The number of fused-ring (bicyclic) bond motifs is 1. The third-order valence-electron chi connectivity index (χ3n) is 3.86. The number of hydrogen-bond acceptors (Lipinski definition) is 3. The number of nitrogens with one attached hydrogen (secondary N) is 1. The Labute approximate surface area is 144 Å². The number of ether oxygens (including phenoxy) is 1. The molecule has 3 aromatic carbocycles. The molecule has 1 amide bonds. The lowest BCUT2D eigenvalue weighted by atomic mass is 9.99. The maximum atomic E-state index is 12.0. The fraction of sp³-hybridized carbons (Fsp3) is 0.100. The summed E-state index contributed by atoms with van der Waals surface area (Å²) in [5, 5.41) is 13.7. The Morgan fingerprint density at radius 3 is 2.36 bits per heavy atom. The predicted octanol–water partition coefficient (Wildman–Crippen LogP) is 3.89. The van der Waals surface area contributed by atoms with E-state index in [-0.39, 0.29) is 6.61 Å². The van der Waals surface area contributed by atoms with Gasteiger partial charge in [-0.25, -0.2) is 9.59 Å². The van der Waals surface area contributed by atoms with Crippen molar-refractivity contribution < 1.29 is 19.4 Å². The first-order chi connectivity index (χ1) is 12.1. The van der Waals surface area contributed by atoms with Crippen LogP contribution in [0.3, 0.4) is 0 Å². The average Bonchev–Trinajstić information content (AvgIpc) is 2.65. The van der Waals surface area contributed by atoms with Gasteiger partial charge < -0.3 is 15.2 Å². The van der Waals surface area contributed by atoms with Gasteiger partial charge in [0, 0.05) is 0 Å². The predicted molar refractivity (Wildman–Crippen MR) is 94.1 cm³/mol. The zero-order valence-electron chi connectivity index (χ0n) is 13.4. The standard InChI is InChI=1S/C20H17NO4/c22-19(23)18(17-12-6-10-15-9-4-5-11-16(15)17)21-20(24)25-13-14-7-2-1-3-8-14/h1-12,18H,13H2,(H,21,24)(H,22,23)/t18-/m1/s1. The molecule has 0 unspecified atom stereocenters. The molecule has 2 N–H and O–H groups in total. The molecule has 0 spiro atoms. The van der Waals surface area contributed by atoms with Crippen LogP contribution in [-0.2, 0) is 16.1 Å². The van der Waals surface area contributed by atoms with Gasteiger partial charge in [0.1, 0.15) is 6.61 Å². The molecular formula is C20H17NO4. The van der Waals surface area contributed by atoms with Crippen molar-refractivity contribution in [3.8, 4) is 0 Å². The van der Waals surface area contributed by atoms with Gasteiger partial charge in [-0.15, -0.1) is 0 Å². The smallest absolute Gasteiger partial charge is 0.408 e. The molecule has 126 valence electrons. The molecular weight excluding hydrogens is 318 g/mol. The number of hydrogen-bond donors (Lipinski definition) is 2. The minimum atomic E-state index is -1.19. The summed E-state index contributed by atoms with van der Waals surface area (Å²) in [6, 6.07) is 20.8. The number of rotatable bonds is 5. The van der Waals surface area contributed by atoms with E-state index in [2.05, 4.69) is 5.32 Å². The third-order valence-corrected chi connectivity index (χ3v) is 3.86. The monoisotopic (exact) mass is 335 g/mol. The summed E-state index contributed by atoms with van der Waals surface area (Å²) < 4.78 is 5.13. The molecule has 0 radical (unpaired) electrons. The summed E-state index contributed by atoms with van der Waals surface area (Å²) in [6.45, 7) is 0.0779. The molecule has 0 heterocycles. The van der Waals surface area contributed by atoms with Crippen molar-refractivity contribution in [2.75, 3.05) is 0 Å². The normalized spacial score (nSPS) is 11.7. The van der Waals surface area contributed by atoms with Crippen molar-refractivity contribution in [2.45, 2.75) is 12.6 Å². The van der Waals surface area contributed by atoms with Crippen molar-refractivity contribution >= 4 is 22.8 Å². The second-order valence-corrected chi connectivity index (χ2v) is 5.55. The quantitative estimate of drug-likeness (QED) is 0.742. The second-order valence-electron chi connectivity index (χ2n) is 5.55. The minimum Gasteiger partial charge on any atom is -0.479 e. The highest BCUT2D eigenvalue weighted by molar-refractivity contribution is 5.92. The summed E-state index contributed by atoms with van der Waals surface area (Å²) in [5.74, 6) is -1.15. The van der Waals surface area contributed by atoms with E-state index in [4.69, 9.17) is 4.74 Å². The number of benzene rings is 3. The highest BCUT2D eigenvalue weighted by Gasteiger charge is 2.24. The van der Waals surface area contributed by atoms with Gasteiger partial charge in [0.05, 0.1) is 0 Å². The Morgan fingerprint density at radius 1 is 0.920 bits per heavy atom. The van der Waals surface area contributed by atoms with E-state index in [1.165, 1.54) is 0 Å². The molecule has 0 saturated carbocycles. The maximum absolute atomic E-state index is 12.0. The maximum Gasteiger partial charge on any atom is 0.408 e. The first-order valence-corrected chi connectivity index (χ1v) is 7.83. The van der Waals surface area contributed by atoms with Crippen LogP contribution in [0.25, 0.3) is 10.8 Å². The Hall–Kier alpha value is -3.34. The van der Waals surface area contributed by atoms with E-state index in [9.17, 15) is 14.7 Å². The molecule has 0 fully saturated rings. The Balaban J connectivity index is 1.77. The van der Waals surface area contributed by atoms with E-state index in [1.807, 2.05) is 60.7 Å². The van der Waals surface area contributed by atoms with Gasteiger partial charge in [-0.05, 0) is 21.9 Å². The van der Waals surface area contributed by atoms with Gasteiger partial charge in [0.25, 0.3) is 0 Å². The van der Waals surface area contributed by atoms with Gasteiger partial charge in [0.15, 0.2) is 6.04 Å². The van der Waals surface area contributed by atoms with E-state index < -0.39 is 18.1 Å². The summed E-state index contributed by atoms with van der Waals surface area (Å²) in [4.78, 5) is 23.7. The highest BCUT2D eigenvalue weighted by Crippen LogP contribution is 2.24. The number of aliphatic carboxylic acids is 1. The SMILES string of the molecule is O=C(N[C@@H](C(=O)O)c1cccc2ccccc12)OCc1ccccc1. The summed E-state index contributed by atoms with van der Waals surface area (Å²) >= 11 is 0. The minimum absolute atomic E-state index is 0.0779. The molecule has 0 aliphatic rings. The Kier molecular flexibility index (Phi) is 4.95. The van der Waals surface area contributed by atoms with Gasteiger partial charge in [-0.3, -0.25) is 0 Å². The molecule has 0 aliphatic carbocycles. The summed E-state index contributed by atoms with van der Waals surface area (Å²) in [7, 11) is 0. The van der Waals surface area contributed by atoms with Gasteiger partial charge in [-0.2, -0.15) is 0 Å². The zero-order valence-corrected chi connectivity index (χ0v) is 13.4. The second kappa shape index (κ2) is 7.49. The molecule has 5 nitrogen and oxygen atoms in total. The Morgan fingerprint density at radius 2 is 1.60 bits per heavy atom. The number of amides is 1. The van der Waals surface area contributed by atoms with Crippen LogP contribution >= 0.6 is 0 Å². The number of alkyl carbamates (subject to hydrolysis) is 1. The molecule has 0 aliphatic heterocycles. The number of carbonyl (C=O) groups excluding carboxylic acids is 1. The van der Waals surface area contributed by atoms with Crippen LogP contribution in [0, 0.1) is 0 Å². The van der Waals surface area contributed by atoms with Crippen molar-refractivity contribution in [1.82, 2.24) is 5.32 Å². The third kappa shape index (κ3) is 3.95.